The quantitative estimate of drug-likeness (QED) is 0.334. The third-order valence-corrected chi connectivity index (χ3v) is 5.53. The highest BCUT2D eigenvalue weighted by atomic mass is 35.5. The highest BCUT2D eigenvalue weighted by Gasteiger charge is 2.30. The number of ether oxygens (including phenoxy) is 1. The van der Waals surface area contributed by atoms with E-state index in [1.807, 2.05) is 0 Å². The number of anilines is 1. The van der Waals surface area contributed by atoms with Gasteiger partial charge in [0.05, 0.1) is 28.4 Å². The molecule has 11 heteroatoms. The number of nitrogens with zero attached hydrogens (tertiary/aromatic N) is 3. The summed E-state index contributed by atoms with van der Waals surface area (Å²) in [6.07, 6.45) is -4.47. The van der Waals surface area contributed by atoms with Crippen LogP contribution in [-0.4, -0.2) is 27.8 Å². The molecule has 0 atom stereocenters. The minimum Gasteiger partial charge on any atom is -0.466 e. The summed E-state index contributed by atoms with van der Waals surface area (Å²) in [4.78, 5) is 16.8. The monoisotopic (exact) mass is 506 g/mol. The van der Waals surface area contributed by atoms with Gasteiger partial charge in [-0.2, -0.15) is 18.2 Å². The molecule has 0 saturated heterocycles. The van der Waals surface area contributed by atoms with Crippen LogP contribution in [0.25, 0.3) is 17.1 Å². The molecule has 4 rings (SSSR count). The summed E-state index contributed by atoms with van der Waals surface area (Å²) in [5.74, 6) is -0.0858. The second-order valence-electron chi connectivity index (χ2n) is 7.04. The van der Waals surface area contributed by atoms with Crippen molar-refractivity contribution in [3.63, 3.8) is 0 Å². The van der Waals surface area contributed by atoms with Gasteiger partial charge < -0.3 is 10.1 Å². The Bertz CT molecular complexity index is 1340. The molecule has 174 valence electrons. The zero-order valence-corrected chi connectivity index (χ0v) is 18.9. The van der Waals surface area contributed by atoms with Crippen LogP contribution in [0.4, 0.5) is 18.9 Å². The lowest BCUT2D eigenvalue weighted by Crippen LogP contribution is -2.13. The summed E-state index contributed by atoms with van der Waals surface area (Å²) in [6, 6.07) is 15.8. The van der Waals surface area contributed by atoms with Gasteiger partial charge in [0.15, 0.2) is 5.82 Å². The first-order chi connectivity index (χ1) is 16.2. The average Bonchev–Trinajstić information content (AvgIpc) is 3.25. The molecule has 0 spiro atoms. The summed E-state index contributed by atoms with van der Waals surface area (Å²) in [5, 5.41) is 7.73. The number of rotatable bonds is 5. The molecule has 0 unspecified atom stereocenters. The smallest absolute Gasteiger partial charge is 0.416 e. The Hall–Kier alpha value is -3.56. The summed E-state index contributed by atoms with van der Waals surface area (Å²) < 4.78 is 44.8. The van der Waals surface area contributed by atoms with Crippen molar-refractivity contribution in [1.29, 1.82) is 0 Å². The van der Waals surface area contributed by atoms with E-state index in [0.717, 1.165) is 24.3 Å². The van der Waals surface area contributed by atoms with E-state index in [9.17, 15) is 18.0 Å². The molecule has 0 aliphatic carbocycles. The van der Waals surface area contributed by atoms with Crippen molar-refractivity contribution in [1.82, 2.24) is 14.8 Å². The molecule has 34 heavy (non-hydrogen) atoms. The summed E-state index contributed by atoms with van der Waals surface area (Å²) in [7, 11) is 1.44. The Morgan fingerprint density at radius 2 is 1.65 bits per heavy atom. The van der Waals surface area contributed by atoms with Crippen molar-refractivity contribution in [3.05, 3.63) is 87.9 Å². The minimum atomic E-state index is -4.47. The van der Waals surface area contributed by atoms with E-state index in [1.165, 1.54) is 7.11 Å². The zero-order chi connectivity index (χ0) is 24.5. The van der Waals surface area contributed by atoms with Gasteiger partial charge in [-0.3, -0.25) is 4.79 Å². The van der Waals surface area contributed by atoms with E-state index in [4.69, 9.17) is 27.9 Å². The third-order valence-electron chi connectivity index (χ3n) is 4.79. The fourth-order valence-electron chi connectivity index (χ4n) is 3.08. The lowest BCUT2D eigenvalue weighted by atomic mass is 10.1. The Labute approximate surface area is 201 Å². The largest absolute Gasteiger partial charge is 0.466 e. The van der Waals surface area contributed by atoms with Crippen molar-refractivity contribution in [2.45, 2.75) is 6.18 Å². The fraction of sp³-hybridized carbons (Fsp3) is 0.0870. The van der Waals surface area contributed by atoms with Gasteiger partial charge in [0.1, 0.15) is 0 Å². The molecule has 6 nitrogen and oxygen atoms in total. The van der Waals surface area contributed by atoms with Gasteiger partial charge in [-0.15, -0.1) is 5.10 Å². The number of nitrogens with one attached hydrogen (secondary N) is 1. The van der Waals surface area contributed by atoms with E-state index in [-0.39, 0.29) is 11.6 Å². The van der Waals surface area contributed by atoms with Crippen LogP contribution in [0.5, 0.6) is 6.01 Å². The van der Waals surface area contributed by atoms with Gasteiger partial charge in [-0.25, -0.2) is 4.68 Å². The lowest BCUT2D eigenvalue weighted by Gasteiger charge is -2.10. The number of hydrogen-bond acceptors (Lipinski definition) is 4. The van der Waals surface area contributed by atoms with Crippen LogP contribution < -0.4 is 10.1 Å². The Morgan fingerprint density at radius 1 is 0.971 bits per heavy atom. The predicted molar refractivity (Wildman–Crippen MR) is 123 cm³/mol. The van der Waals surface area contributed by atoms with E-state index in [0.29, 0.717) is 32.8 Å². The summed E-state index contributed by atoms with van der Waals surface area (Å²) in [5.41, 5.74) is 0.987. The number of carbonyl (C=O) groups excluding carboxylic acids is 1. The van der Waals surface area contributed by atoms with Gasteiger partial charge in [-0.1, -0.05) is 23.2 Å². The van der Waals surface area contributed by atoms with Crippen LogP contribution >= 0.6 is 23.2 Å². The number of methoxy groups -OCH3 is 1. The Morgan fingerprint density at radius 3 is 2.24 bits per heavy atom. The molecule has 0 aliphatic rings. The Kier molecular flexibility index (Phi) is 6.49. The highest BCUT2D eigenvalue weighted by molar-refractivity contribution is 6.42. The SMILES string of the molecule is COc1nc(-c2ccc(Cl)c(Cl)c2)n(-c2ccc(NC(=O)c3ccc(C(F)(F)F)cc3)cc2)n1. The molecule has 1 amide bonds. The maximum absolute atomic E-state index is 12.7. The highest BCUT2D eigenvalue weighted by Crippen LogP contribution is 2.31. The normalized spacial score (nSPS) is 11.4. The first kappa shape index (κ1) is 23.6. The van der Waals surface area contributed by atoms with Crippen LogP contribution in [0.15, 0.2) is 66.7 Å². The number of hydrogen-bond donors (Lipinski definition) is 1. The van der Waals surface area contributed by atoms with E-state index >= 15 is 0 Å². The molecule has 0 radical (unpaired) electrons. The molecule has 1 heterocycles. The van der Waals surface area contributed by atoms with Crippen molar-refractivity contribution in [3.8, 4) is 23.1 Å². The molecule has 1 aromatic heterocycles. The fourth-order valence-corrected chi connectivity index (χ4v) is 3.38. The van der Waals surface area contributed by atoms with Crippen molar-refractivity contribution < 1.29 is 22.7 Å². The van der Waals surface area contributed by atoms with Gasteiger partial charge >= 0.3 is 12.2 Å². The first-order valence-electron chi connectivity index (χ1n) is 9.71. The summed E-state index contributed by atoms with van der Waals surface area (Å²) in [6.45, 7) is 0. The van der Waals surface area contributed by atoms with Crippen molar-refractivity contribution >= 4 is 34.8 Å². The number of alkyl halides is 3. The van der Waals surface area contributed by atoms with Crippen molar-refractivity contribution in [2.24, 2.45) is 0 Å². The summed E-state index contributed by atoms with van der Waals surface area (Å²) >= 11 is 12.1. The van der Waals surface area contributed by atoms with Gasteiger partial charge in [-0.05, 0) is 66.7 Å². The molecule has 0 saturated carbocycles. The van der Waals surface area contributed by atoms with Crippen LogP contribution in [0.3, 0.4) is 0 Å². The average molecular weight is 507 g/mol. The number of carbonyl (C=O) groups is 1. The topological polar surface area (TPSA) is 69.0 Å². The van der Waals surface area contributed by atoms with Crippen LogP contribution in [0.2, 0.25) is 10.0 Å². The molecule has 4 aromatic rings. The molecule has 0 bridgehead atoms. The second kappa shape index (κ2) is 9.36. The van der Waals surface area contributed by atoms with Gasteiger partial charge in [0.25, 0.3) is 5.91 Å². The lowest BCUT2D eigenvalue weighted by molar-refractivity contribution is -0.137. The number of halogens is 5. The molecule has 1 N–H and O–H groups in total. The molecule has 0 fully saturated rings. The van der Waals surface area contributed by atoms with E-state index in [2.05, 4.69) is 15.4 Å². The van der Waals surface area contributed by atoms with Gasteiger partial charge in [0, 0.05) is 16.8 Å². The van der Waals surface area contributed by atoms with Crippen molar-refractivity contribution in [2.75, 3.05) is 12.4 Å². The first-order valence-corrected chi connectivity index (χ1v) is 10.5. The maximum Gasteiger partial charge on any atom is 0.416 e. The molecule has 3 aromatic carbocycles. The standard InChI is InChI=1S/C23H15Cl2F3N4O2/c1-34-22-30-20(14-4-11-18(24)19(25)12-14)32(31-22)17-9-7-16(8-10-17)29-21(33)13-2-5-15(6-3-13)23(26,27)28/h2-12H,1H3,(H,29,33). The van der Waals surface area contributed by atoms with Gasteiger partial charge in [0.2, 0.25) is 0 Å². The second-order valence-corrected chi connectivity index (χ2v) is 7.85. The van der Waals surface area contributed by atoms with E-state index in [1.54, 1.807) is 47.1 Å². The molecular weight excluding hydrogens is 492 g/mol. The minimum absolute atomic E-state index is 0.0972. The number of aromatic nitrogens is 3. The number of benzene rings is 3. The van der Waals surface area contributed by atoms with Crippen LogP contribution in [-0.2, 0) is 6.18 Å². The maximum atomic E-state index is 12.7. The predicted octanol–water partition coefficient (Wildman–Crippen LogP) is 6.52. The molecule has 0 aliphatic heterocycles. The van der Waals surface area contributed by atoms with Crippen LogP contribution in [0.1, 0.15) is 15.9 Å². The molecular formula is C23H15Cl2F3N4O2. The Balaban J connectivity index is 1.56. The number of amides is 1. The van der Waals surface area contributed by atoms with E-state index < -0.39 is 17.6 Å². The van der Waals surface area contributed by atoms with Crippen LogP contribution in [0, 0.1) is 0 Å². The third kappa shape index (κ3) is 5.00. The zero-order valence-electron chi connectivity index (χ0n) is 17.4.